The molecule has 0 saturated carbocycles. The van der Waals surface area contributed by atoms with Crippen LogP contribution in [0, 0.1) is 0 Å². The van der Waals surface area contributed by atoms with E-state index < -0.39 is 0 Å². The Morgan fingerprint density at radius 1 is 1.44 bits per heavy atom. The predicted molar refractivity (Wildman–Crippen MR) is 73.7 cm³/mol. The van der Waals surface area contributed by atoms with Crippen molar-refractivity contribution in [1.29, 1.82) is 0 Å². The van der Waals surface area contributed by atoms with Crippen LogP contribution < -0.4 is 5.32 Å². The summed E-state index contributed by atoms with van der Waals surface area (Å²) in [6.07, 6.45) is 5.21. The number of hydrogen-bond donors (Lipinski definition) is 1. The average molecular weight is 267 g/mol. The second-order valence-electron chi connectivity index (χ2n) is 4.93. The Kier molecular flexibility index (Phi) is 4.97. The van der Waals surface area contributed by atoms with Gasteiger partial charge in [-0.1, -0.05) is 25.6 Å². The van der Waals surface area contributed by atoms with E-state index in [1.165, 1.54) is 0 Å². The van der Waals surface area contributed by atoms with Gasteiger partial charge in [0.05, 0.1) is 6.10 Å². The first-order valence-electron chi connectivity index (χ1n) is 6.47. The first-order chi connectivity index (χ1) is 8.65. The molecule has 0 aromatic carbocycles. The van der Waals surface area contributed by atoms with Crippen molar-refractivity contribution in [3.63, 3.8) is 0 Å². The van der Waals surface area contributed by atoms with E-state index in [-0.39, 0.29) is 0 Å². The number of aromatic nitrogens is 2. The molecule has 0 aliphatic carbocycles. The molecule has 1 fully saturated rings. The number of ether oxygens (including phenoxy) is 1. The summed E-state index contributed by atoms with van der Waals surface area (Å²) in [5.41, 5.74) is 1.13. The van der Waals surface area contributed by atoms with Gasteiger partial charge in [-0.3, -0.25) is 0 Å². The molecule has 100 valence electrons. The van der Waals surface area contributed by atoms with Crippen LogP contribution in [0.15, 0.2) is 17.6 Å². The standard InChI is InChI=1S/C13H21N3OS/c1-9(2)14-6-11-7-15-13(16-8-11)18-12-4-5-17-10(12)3/h7-10,12,14H,4-6H2,1-3H3. The van der Waals surface area contributed by atoms with Crippen molar-refractivity contribution < 1.29 is 4.74 Å². The minimum Gasteiger partial charge on any atom is -0.377 e. The lowest BCUT2D eigenvalue weighted by atomic mass is 10.3. The molecular weight excluding hydrogens is 246 g/mol. The summed E-state index contributed by atoms with van der Waals surface area (Å²) in [5.74, 6) is 0. The van der Waals surface area contributed by atoms with Gasteiger partial charge in [-0.15, -0.1) is 0 Å². The van der Waals surface area contributed by atoms with Crippen molar-refractivity contribution in [1.82, 2.24) is 15.3 Å². The fraction of sp³-hybridized carbons (Fsp3) is 0.692. The summed E-state index contributed by atoms with van der Waals surface area (Å²) in [4.78, 5) is 8.82. The van der Waals surface area contributed by atoms with Crippen LogP contribution in [0.4, 0.5) is 0 Å². The van der Waals surface area contributed by atoms with Crippen LogP contribution in [-0.2, 0) is 11.3 Å². The van der Waals surface area contributed by atoms with Crippen LogP contribution in [0.5, 0.6) is 0 Å². The third kappa shape index (κ3) is 3.93. The van der Waals surface area contributed by atoms with Gasteiger partial charge in [-0.25, -0.2) is 9.97 Å². The molecule has 1 aromatic heterocycles. The lowest BCUT2D eigenvalue weighted by molar-refractivity contribution is 0.127. The number of nitrogens with one attached hydrogen (secondary N) is 1. The molecule has 2 unspecified atom stereocenters. The molecule has 2 rings (SSSR count). The maximum atomic E-state index is 5.54. The van der Waals surface area contributed by atoms with Crippen LogP contribution in [0.3, 0.4) is 0 Å². The van der Waals surface area contributed by atoms with Gasteiger partial charge in [0.15, 0.2) is 5.16 Å². The molecule has 18 heavy (non-hydrogen) atoms. The highest BCUT2D eigenvalue weighted by molar-refractivity contribution is 7.99. The molecule has 1 saturated heterocycles. The van der Waals surface area contributed by atoms with Crippen molar-refractivity contribution in [3.05, 3.63) is 18.0 Å². The molecule has 0 radical (unpaired) electrons. The highest BCUT2D eigenvalue weighted by Crippen LogP contribution is 2.30. The Balaban J connectivity index is 1.87. The summed E-state index contributed by atoms with van der Waals surface area (Å²) in [6, 6.07) is 0.482. The number of nitrogens with zero attached hydrogens (tertiary/aromatic N) is 2. The molecule has 0 amide bonds. The number of hydrogen-bond acceptors (Lipinski definition) is 5. The van der Waals surface area contributed by atoms with E-state index in [0.29, 0.717) is 17.4 Å². The van der Waals surface area contributed by atoms with Crippen LogP contribution >= 0.6 is 11.8 Å². The second kappa shape index (κ2) is 6.50. The summed E-state index contributed by atoms with van der Waals surface area (Å²) in [7, 11) is 0. The van der Waals surface area contributed by atoms with Crippen LogP contribution in [-0.4, -0.2) is 34.0 Å². The van der Waals surface area contributed by atoms with Crippen molar-refractivity contribution >= 4 is 11.8 Å². The van der Waals surface area contributed by atoms with E-state index >= 15 is 0 Å². The van der Waals surface area contributed by atoms with Crippen LogP contribution in [0.2, 0.25) is 0 Å². The Labute approximate surface area is 113 Å². The SMILES string of the molecule is CC(C)NCc1cnc(SC2CCOC2C)nc1. The molecule has 2 heterocycles. The maximum Gasteiger partial charge on any atom is 0.187 e. The minimum atomic E-state index is 0.306. The van der Waals surface area contributed by atoms with E-state index in [4.69, 9.17) is 4.74 Å². The van der Waals surface area contributed by atoms with Gasteiger partial charge in [-0.2, -0.15) is 0 Å². The Bertz CT molecular complexity index is 369. The lowest BCUT2D eigenvalue weighted by Gasteiger charge is -2.12. The van der Waals surface area contributed by atoms with Crippen molar-refractivity contribution in [2.24, 2.45) is 0 Å². The lowest BCUT2D eigenvalue weighted by Crippen LogP contribution is -2.22. The summed E-state index contributed by atoms with van der Waals surface area (Å²) in [5, 5.41) is 4.70. The number of thioether (sulfide) groups is 1. The minimum absolute atomic E-state index is 0.306. The average Bonchev–Trinajstić information content (AvgIpc) is 2.74. The molecule has 5 heteroatoms. The zero-order valence-corrected chi connectivity index (χ0v) is 12.0. The molecule has 1 aliphatic rings. The molecule has 1 N–H and O–H groups in total. The Morgan fingerprint density at radius 2 is 2.17 bits per heavy atom. The third-order valence-electron chi connectivity index (χ3n) is 2.96. The number of rotatable bonds is 5. The van der Waals surface area contributed by atoms with Gasteiger partial charge in [0, 0.05) is 42.4 Å². The smallest absolute Gasteiger partial charge is 0.187 e. The van der Waals surface area contributed by atoms with Crippen molar-refractivity contribution in [2.45, 2.75) is 56.3 Å². The molecule has 4 nitrogen and oxygen atoms in total. The van der Waals surface area contributed by atoms with E-state index in [9.17, 15) is 0 Å². The van der Waals surface area contributed by atoms with Gasteiger partial charge in [0.2, 0.25) is 0 Å². The topological polar surface area (TPSA) is 47.0 Å². The van der Waals surface area contributed by atoms with Gasteiger partial charge in [-0.05, 0) is 13.3 Å². The van der Waals surface area contributed by atoms with E-state index in [2.05, 4.69) is 36.1 Å². The first-order valence-corrected chi connectivity index (χ1v) is 7.35. The summed E-state index contributed by atoms with van der Waals surface area (Å²) in [6.45, 7) is 8.06. The molecule has 2 atom stereocenters. The van der Waals surface area contributed by atoms with E-state index in [0.717, 1.165) is 30.3 Å². The summed E-state index contributed by atoms with van der Waals surface area (Å²) < 4.78 is 5.54. The Hall–Kier alpha value is -0.650. The van der Waals surface area contributed by atoms with Crippen molar-refractivity contribution in [3.8, 4) is 0 Å². The molecule has 0 bridgehead atoms. The van der Waals surface area contributed by atoms with E-state index in [1.807, 2.05) is 12.4 Å². The van der Waals surface area contributed by atoms with Crippen LogP contribution in [0.25, 0.3) is 0 Å². The fourth-order valence-electron chi connectivity index (χ4n) is 1.82. The predicted octanol–water partition coefficient (Wildman–Crippen LogP) is 2.24. The van der Waals surface area contributed by atoms with E-state index in [1.54, 1.807) is 11.8 Å². The van der Waals surface area contributed by atoms with Crippen LogP contribution in [0.1, 0.15) is 32.8 Å². The summed E-state index contributed by atoms with van der Waals surface area (Å²) >= 11 is 1.72. The van der Waals surface area contributed by atoms with Gasteiger partial charge >= 0.3 is 0 Å². The highest BCUT2D eigenvalue weighted by atomic mass is 32.2. The monoisotopic (exact) mass is 267 g/mol. The quantitative estimate of drug-likeness (QED) is 0.829. The maximum absolute atomic E-state index is 5.54. The first kappa shape index (κ1) is 13.8. The normalized spacial score (nSPS) is 23.8. The molecule has 1 aliphatic heterocycles. The Morgan fingerprint density at radius 3 is 2.72 bits per heavy atom. The second-order valence-corrected chi connectivity index (χ2v) is 6.14. The largest absolute Gasteiger partial charge is 0.377 e. The third-order valence-corrected chi connectivity index (χ3v) is 4.30. The van der Waals surface area contributed by atoms with Gasteiger partial charge in [0.1, 0.15) is 0 Å². The fourth-order valence-corrected chi connectivity index (χ4v) is 2.80. The molecule has 0 spiro atoms. The molecule has 1 aromatic rings. The van der Waals surface area contributed by atoms with Gasteiger partial charge in [0.25, 0.3) is 0 Å². The highest BCUT2D eigenvalue weighted by Gasteiger charge is 2.25. The zero-order valence-electron chi connectivity index (χ0n) is 11.2. The zero-order chi connectivity index (χ0) is 13.0. The van der Waals surface area contributed by atoms with Crippen molar-refractivity contribution in [2.75, 3.05) is 6.61 Å². The van der Waals surface area contributed by atoms with Gasteiger partial charge < -0.3 is 10.1 Å². The molecular formula is C13H21N3OS.